The number of rotatable bonds is 0. The van der Waals surface area contributed by atoms with Gasteiger partial charge >= 0.3 is 0 Å². The molecular weight excluding hydrogens is 206 g/mol. The predicted molar refractivity (Wildman–Crippen MR) is 77.5 cm³/mol. The molecule has 0 aromatic carbocycles. The van der Waals surface area contributed by atoms with Crippen LogP contribution in [0.25, 0.3) is 0 Å². The molecule has 0 aromatic heterocycles. The van der Waals surface area contributed by atoms with Crippen molar-refractivity contribution in [2.45, 2.75) is 83.5 Å². The van der Waals surface area contributed by atoms with Gasteiger partial charge in [0.25, 0.3) is 0 Å². The zero-order valence-corrected chi connectivity index (χ0v) is 12.1. The highest BCUT2D eigenvalue weighted by Crippen LogP contribution is 2.13. The van der Waals surface area contributed by atoms with Gasteiger partial charge in [0.2, 0.25) is 0 Å². The van der Waals surface area contributed by atoms with Crippen molar-refractivity contribution in [2.75, 3.05) is 20.1 Å². The molecule has 1 heteroatoms. The fraction of sp³-hybridized carbons (Fsp3) is 1.00. The summed E-state index contributed by atoms with van der Waals surface area (Å²) in [5, 5.41) is 0. The zero-order chi connectivity index (χ0) is 12.2. The third-order valence-electron chi connectivity index (χ3n) is 4.08. The first-order valence-corrected chi connectivity index (χ1v) is 8.08. The van der Waals surface area contributed by atoms with Gasteiger partial charge in [-0.25, -0.2) is 0 Å². The molecule has 0 bridgehead atoms. The summed E-state index contributed by atoms with van der Waals surface area (Å²) in [5.41, 5.74) is 0. The Morgan fingerprint density at radius 3 is 0.941 bits per heavy atom. The van der Waals surface area contributed by atoms with Gasteiger partial charge < -0.3 is 4.90 Å². The maximum atomic E-state index is 2.53. The van der Waals surface area contributed by atoms with Crippen molar-refractivity contribution < 1.29 is 0 Å². The molecule has 1 fully saturated rings. The maximum absolute atomic E-state index is 2.53. The molecule has 1 aliphatic rings. The van der Waals surface area contributed by atoms with E-state index in [0.717, 1.165) is 0 Å². The van der Waals surface area contributed by atoms with Crippen molar-refractivity contribution in [1.29, 1.82) is 0 Å². The summed E-state index contributed by atoms with van der Waals surface area (Å²) < 4.78 is 0. The lowest BCUT2D eigenvalue weighted by Crippen LogP contribution is -2.20. The lowest BCUT2D eigenvalue weighted by molar-refractivity contribution is 0.313. The second-order valence-corrected chi connectivity index (χ2v) is 5.90. The van der Waals surface area contributed by atoms with Gasteiger partial charge in [-0.15, -0.1) is 0 Å². The third kappa shape index (κ3) is 9.64. The highest BCUT2D eigenvalue weighted by molar-refractivity contribution is 4.55. The first kappa shape index (κ1) is 15.0. The molecule has 102 valence electrons. The van der Waals surface area contributed by atoms with E-state index >= 15 is 0 Å². The standard InChI is InChI=1S/C16H33N/c1-17-15-13-11-9-7-5-3-2-4-6-8-10-12-14-16-17/h2-16H2,1H3. The Hall–Kier alpha value is -0.0400. The van der Waals surface area contributed by atoms with Gasteiger partial charge in [0.05, 0.1) is 0 Å². The second kappa shape index (κ2) is 11.1. The summed E-state index contributed by atoms with van der Waals surface area (Å²) in [4.78, 5) is 2.53. The minimum atomic E-state index is 1.32. The van der Waals surface area contributed by atoms with E-state index in [0.29, 0.717) is 0 Å². The summed E-state index contributed by atoms with van der Waals surface area (Å²) in [5.74, 6) is 0. The average Bonchev–Trinajstić information content (AvgIpc) is 2.32. The molecule has 0 aromatic rings. The van der Waals surface area contributed by atoms with Crippen molar-refractivity contribution in [3.8, 4) is 0 Å². The third-order valence-corrected chi connectivity index (χ3v) is 4.08. The highest BCUT2D eigenvalue weighted by Gasteiger charge is 1.99. The Bertz CT molecular complexity index is 140. The Labute approximate surface area is 109 Å². The van der Waals surface area contributed by atoms with Crippen LogP contribution in [0.15, 0.2) is 0 Å². The van der Waals surface area contributed by atoms with Crippen molar-refractivity contribution in [1.82, 2.24) is 4.90 Å². The average molecular weight is 239 g/mol. The Morgan fingerprint density at radius 2 is 0.647 bits per heavy atom. The van der Waals surface area contributed by atoms with Crippen LogP contribution in [0.1, 0.15) is 83.5 Å². The van der Waals surface area contributed by atoms with Crippen molar-refractivity contribution in [2.24, 2.45) is 0 Å². The van der Waals surface area contributed by atoms with Gasteiger partial charge in [0.15, 0.2) is 0 Å². The quantitative estimate of drug-likeness (QED) is 0.575. The Morgan fingerprint density at radius 1 is 0.412 bits per heavy atom. The van der Waals surface area contributed by atoms with E-state index in [2.05, 4.69) is 11.9 Å². The van der Waals surface area contributed by atoms with Crippen LogP contribution >= 0.6 is 0 Å². The molecule has 17 heavy (non-hydrogen) atoms. The Kier molecular flexibility index (Phi) is 9.78. The lowest BCUT2D eigenvalue weighted by Gasteiger charge is -2.16. The summed E-state index contributed by atoms with van der Waals surface area (Å²) in [6.45, 7) is 2.64. The normalized spacial score (nSPS) is 24.5. The molecule has 1 heterocycles. The molecule has 1 nitrogen and oxygen atoms in total. The molecule has 1 rings (SSSR count). The summed E-state index contributed by atoms with van der Waals surface area (Å²) >= 11 is 0. The van der Waals surface area contributed by atoms with Gasteiger partial charge in [0, 0.05) is 0 Å². The molecule has 0 unspecified atom stereocenters. The molecule has 0 amide bonds. The number of hydrogen-bond donors (Lipinski definition) is 0. The highest BCUT2D eigenvalue weighted by atomic mass is 15.1. The van der Waals surface area contributed by atoms with Gasteiger partial charge in [-0.05, 0) is 33.0 Å². The lowest BCUT2D eigenvalue weighted by atomic mass is 10.0. The molecule has 0 aliphatic carbocycles. The van der Waals surface area contributed by atoms with Crippen LogP contribution in [0.2, 0.25) is 0 Å². The van der Waals surface area contributed by atoms with E-state index in [1.54, 1.807) is 0 Å². The first-order chi connectivity index (χ1) is 8.39. The molecule has 0 N–H and O–H groups in total. The SMILES string of the molecule is CN1CCCCCCCCCCCCCCC1. The Balaban J connectivity index is 2.09. The van der Waals surface area contributed by atoms with E-state index in [4.69, 9.17) is 0 Å². The summed E-state index contributed by atoms with van der Waals surface area (Å²) in [6.07, 6.45) is 19.0. The van der Waals surface area contributed by atoms with E-state index in [-0.39, 0.29) is 0 Å². The molecular formula is C16H33N. The molecule has 0 atom stereocenters. The fourth-order valence-electron chi connectivity index (χ4n) is 2.82. The van der Waals surface area contributed by atoms with Crippen LogP contribution < -0.4 is 0 Å². The molecule has 0 spiro atoms. The molecule has 0 radical (unpaired) electrons. The topological polar surface area (TPSA) is 3.24 Å². The largest absolute Gasteiger partial charge is 0.306 e. The molecule has 1 aliphatic heterocycles. The number of nitrogens with zero attached hydrogens (tertiary/aromatic N) is 1. The van der Waals surface area contributed by atoms with Crippen LogP contribution in [0.5, 0.6) is 0 Å². The summed E-state index contributed by atoms with van der Waals surface area (Å²) in [6, 6.07) is 0. The van der Waals surface area contributed by atoms with Crippen LogP contribution in [-0.2, 0) is 0 Å². The van der Waals surface area contributed by atoms with Gasteiger partial charge in [-0.1, -0.05) is 70.6 Å². The van der Waals surface area contributed by atoms with Crippen molar-refractivity contribution in [3.63, 3.8) is 0 Å². The van der Waals surface area contributed by atoms with E-state index in [1.165, 1.54) is 96.6 Å². The van der Waals surface area contributed by atoms with Gasteiger partial charge in [-0.2, -0.15) is 0 Å². The van der Waals surface area contributed by atoms with Gasteiger partial charge in [-0.3, -0.25) is 0 Å². The van der Waals surface area contributed by atoms with Crippen LogP contribution in [0.4, 0.5) is 0 Å². The van der Waals surface area contributed by atoms with Gasteiger partial charge in [0.1, 0.15) is 0 Å². The number of hydrogen-bond acceptors (Lipinski definition) is 1. The maximum Gasteiger partial charge on any atom is -0.00218 e. The van der Waals surface area contributed by atoms with Crippen LogP contribution in [0, 0.1) is 0 Å². The van der Waals surface area contributed by atoms with Crippen LogP contribution in [-0.4, -0.2) is 25.0 Å². The van der Waals surface area contributed by atoms with E-state index in [9.17, 15) is 0 Å². The van der Waals surface area contributed by atoms with E-state index in [1.807, 2.05) is 0 Å². The summed E-state index contributed by atoms with van der Waals surface area (Å²) in [7, 11) is 2.29. The molecule has 0 saturated carbocycles. The smallest absolute Gasteiger partial charge is 0.00218 e. The predicted octanol–water partition coefficient (Wildman–Crippen LogP) is 5.00. The minimum absolute atomic E-state index is 1.32. The van der Waals surface area contributed by atoms with Crippen LogP contribution in [0.3, 0.4) is 0 Å². The minimum Gasteiger partial charge on any atom is -0.306 e. The van der Waals surface area contributed by atoms with E-state index < -0.39 is 0 Å². The second-order valence-electron chi connectivity index (χ2n) is 5.90. The van der Waals surface area contributed by atoms with Crippen molar-refractivity contribution in [3.05, 3.63) is 0 Å². The van der Waals surface area contributed by atoms with Crippen molar-refractivity contribution >= 4 is 0 Å². The monoisotopic (exact) mass is 239 g/mol. The first-order valence-electron chi connectivity index (χ1n) is 8.08. The fourth-order valence-corrected chi connectivity index (χ4v) is 2.82. The zero-order valence-electron chi connectivity index (χ0n) is 12.1. The molecule has 1 saturated heterocycles.